The zero-order valence-electron chi connectivity index (χ0n) is 5.19. The molecule has 0 saturated heterocycles. The van der Waals surface area contributed by atoms with Gasteiger partial charge in [0.25, 0.3) is 0 Å². The van der Waals surface area contributed by atoms with Gasteiger partial charge in [0, 0.05) is 6.61 Å². The molecule has 0 aliphatic carbocycles. The normalized spacial score (nSPS) is 13.9. The van der Waals surface area contributed by atoms with Crippen molar-refractivity contribution < 1.29 is 9.13 Å². The number of alkyl halides is 1. The molecule has 8 heavy (non-hydrogen) atoms. The van der Waals surface area contributed by atoms with Crippen LogP contribution in [0.2, 0.25) is 0 Å². The van der Waals surface area contributed by atoms with Crippen molar-refractivity contribution in [1.82, 2.24) is 0 Å². The van der Waals surface area contributed by atoms with Crippen molar-refractivity contribution in [2.45, 2.75) is 19.4 Å². The van der Waals surface area contributed by atoms with Crippen molar-refractivity contribution in [1.29, 1.82) is 0 Å². The summed E-state index contributed by atoms with van der Waals surface area (Å²) < 4.78 is 16.4. The Morgan fingerprint density at radius 1 is 1.75 bits per heavy atom. The number of ether oxygens (including phenoxy) is 1. The van der Waals surface area contributed by atoms with Gasteiger partial charge in [-0.15, -0.1) is 0 Å². The van der Waals surface area contributed by atoms with Gasteiger partial charge in [0.2, 0.25) is 0 Å². The van der Waals surface area contributed by atoms with E-state index in [1.807, 2.05) is 6.92 Å². The average Bonchev–Trinajstić information content (AvgIpc) is 1.83. The van der Waals surface area contributed by atoms with Crippen molar-refractivity contribution in [3.63, 3.8) is 0 Å². The zero-order valence-corrected chi connectivity index (χ0v) is 5.19. The number of rotatable bonds is 4. The van der Waals surface area contributed by atoms with E-state index in [0.717, 1.165) is 6.42 Å². The van der Waals surface area contributed by atoms with Gasteiger partial charge in [-0.2, -0.15) is 0 Å². The zero-order chi connectivity index (χ0) is 6.41. The molecule has 0 aliphatic rings. The Hall–Kier alpha value is -0.110. The molecule has 1 atom stereocenters. The highest BCUT2D eigenvalue weighted by Gasteiger charge is 1.96. The van der Waals surface area contributed by atoms with E-state index in [1.54, 1.807) is 0 Å². The quantitative estimate of drug-likeness (QED) is 0.546. The molecule has 0 saturated carbocycles. The molecule has 0 bridgehead atoms. The lowest BCUT2D eigenvalue weighted by molar-refractivity contribution is 0.0659. The second-order valence-electron chi connectivity index (χ2n) is 1.65. The lowest BCUT2D eigenvalue weighted by Gasteiger charge is -2.05. The molecular weight excluding hydrogens is 107 g/mol. The minimum absolute atomic E-state index is 0.463. The largest absolute Gasteiger partial charge is 0.376 e. The first-order chi connectivity index (χ1) is 3.81. The molecule has 0 spiro atoms. The van der Waals surface area contributed by atoms with Crippen LogP contribution in [0.15, 0.2) is 0 Å². The van der Waals surface area contributed by atoms with Crippen molar-refractivity contribution in [2.24, 2.45) is 0 Å². The number of hydrogen-bond acceptors (Lipinski definition) is 1. The van der Waals surface area contributed by atoms with Crippen LogP contribution in [0.25, 0.3) is 0 Å². The maximum Gasteiger partial charge on any atom is 0.116 e. The highest BCUT2D eigenvalue weighted by Crippen LogP contribution is 1.90. The summed E-state index contributed by atoms with van der Waals surface area (Å²) in [4.78, 5) is 0. The standard InChI is InChI=1S/C6H12FO/c1-3-4-8-6(2)5-7/h6H,2-5H2,1H3. The average molecular weight is 119 g/mol. The van der Waals surface area contributed by atoms with Crippen LogP contribution < -0.4 is 0 Å². The van der Waals surface area contributed by atoms with Gasteiger partial charge < -0.3 is 4.74 Å². The lowest BCUT2D eigenvalue weighted by Crippen LogP contribution is -2.10. The molecule has 49 valence electrons. The van der Waals surface area contributed by atoms with Gasteiger partial charge in [0.1, 0.15) is 6.67 Å². The Morgan fingerprint density at radius 2 is 2.38 bits per heavy atom. The number of halogens is 1. The van der Waals surface area contributed by atoms with E-state index in [4.69, 9.17) is 4.74 Å². The summed E-state index contributed by atoms with van der Waals surface area (Å²) in [5.74, 6) is 0. The second-order valence-corrected chi connectivity index (χ2v) is 1.65. The van der Waals surface area contributed by atoms with E-state index >= 15 is 0 Å². The van der Waals surface area contributed by atoms with Gasteiger partial charge in [-0.1, -0.05) is 6.92 Å². The molecule has 0 heterocycles. The third-order valence-electron chi connectivity index (χ3n) is 0.730. The fourth-order valence-corrected chi connectivity index (χ4v) is 0.329. The number of hydrogen-bond donors (Lipinski definition) is 0. The first-order valence-electron chi connectivity index (χ1n) is 2.82. The third kappa shape index (κ3) is 4.06. The maximum atomic E-state index is 11.5. The van der Waals surface area contributed by atoms with Crippen LogP contribution in [-0.2, 0) is 4.74 Å². The molecule has 0 rings (SSSR count). The fraction of sp³-hybridized carbons (Fsp3) is 0.833. The van der Waals surface area contributed by atoms with Crippen LogP contribution in [0.3, 0.4) is 0 Å². The van der Waals surface area contributed by atoms with Gasteiger partial charge in [0.05, 0.1) is 6.10 Å². The highest BCUT2D eigenvalue weighted by atomic mass is 19.1. The van der Waals surface area contributed by atoms with Crippen LogP contribution in [-0.4, -0.2) is 19.4 Å². The Labute approximate surface area is 49.8 Å². The Kier molecular flexibility index (Phi) is 4.97. The van der Waals surface area contributed by atoms with Gasteiger partial charge >= 0.3 is 0 Å². The van der Waals surface area contributed by atoms with Crippen molar-refractivity contribution in [2.75, 3.05) is 13.3 Å². The van der Waals surface area contributed by atoms with Gasteiger partial charge in [-0.25, -0.2) is 4.39 Å². The van der Waals surface area contributed by atoms with E-state index < -0.39 is 12.8 Å². The van der Waals surface area contributed by atoms with E-state index in [0.29, 0.717) is 6.61 Å². The van der Waals surface area contributed by atoms with E-state index in [9.17, 15) is 4.39 Å². The molecule has 0 amide bonds. The van der Waals surface area contributed by atoms with Crippen LogP contribution >= 0.6 is 0 Å². The molecule has 0 aromatic rings. The van der Waals surface area contributed by atoms with Gasteiger partial charge in [0.15, 0.2) is 0 Å². The molecule has 0 aromatic heterocycles. The van der Waals surface area contributed by atoms with Crippen LogP contribution in [0.4, 0.5) is 4.39 Å². The molecule has 2 heteroatoms. The summed E-state index contributed by atoms with van der Waals surface area (Å²) in [7, 11) is 0. The van der Waals surface area contributed by atoms with Crippen molar-refractivity contribution in [3.05, 3.63) is 6.92 Å². The molecule has 0 N–H and O–H groups in total. The molecule has 0 fully saturated rings. The van der Waals surface area contributed by atoms with Gasteiger partial charge in [-0.05, 0) is 13.3 Å². The van der Waals surface area contributed by atoms with Crippen LogP contribution in [0.5, 0.6) is 0 Å². The minimum atomic E-state index is -0.486. The monoisotopic (exact) mass is 119 g/mol. The predicted molar refractivity (Wildman–Crippen MR) is 31.4 cm³/mol. The van der Waals surface area contributed by atoms with E-state index in [-0.39, 0.29) is 0 Å². The summed E-state index contributed by atoms with van der Waals surface area (Å²) >= 11 is 0. The second kappa shape index (κ2) is 5.04. The Bertz CT molecular complexity index is 47.8. The van der Waals surface area contributed by atoms with Gasteiger partial charge in [-0.3, -0.25) is 0 Å². The lowest BCUT2D eigenvalue weighted by atomic mass is 10.4. The van der Waals surface area contributed by atoms with Crippen molar-refractivity contribution in [3.8, 4) is 0 Å². The highest BCUT2D eigenvalue weighted by molar-refractivity contribution is 4.55. The van der Waals surface area contributed by atoms with Crippen LogP contribution in [0, 0.1) is 6.92 Å². The topological polar surface area (TPSA) is 9.23 Å². The molecule has 1 radical (unpaired) electrons. The molecule has 1 nitrogen and oxygen atoms in total. The molecule has 1 unspecified atom stereocenters. The minimum Gasteiger partial charge on any atom is -0.376 e. The van der Waals surface area contributed by atoms with E-state index in [2.05, 4.69) is 6.92 Å². The summed E-state index contributed by atoms with van der Waals surface area (Å²) in [6, 6.07) is 0. The van der Waals surface area contributed by atoms with Crippen LogP contribution in [0.1, 0.15) is 13.3 Å². The fourth-order valence-electron chi connectivity index (χ4n) is 0.329. The molecule has 0 aliphatic heterocycles. The molecule has 0 aromatic carbocycles. The summed E-state index contributed by atoms with van der Waals surface area (Å²) in [6.45, 7) is 5.50. The Morgan fingerprint density at radius 3 is 2.75 bits per heavy atom. The third-order valence-corrected chi connectivity index (χ3v) is 0.730. The molecular formula is C6H12FO. The first kappa shape index (κ1) is 7.89. The van der Waals surface area contributed by atoms with E-state index in [1.165, 1.54) is 0 Å². The maximum absolute atomic E-state index is 11.5. The smallest absolute Gasteiger partial charge is 0.116 e. The first-order valence-corrected chi connectivity index (χ1v) is 2.82. The Balaban J connectivity index is 2.86. The summed E-state index contributed by atoms with van der Waals surface area (Å²) in [5.41, 5.74) is 0. The van der Waals surface area contributed by atoms with Crippen molar-refractivity contribution >= 4 is 0 Å². The SMILES string of the molecule is [CH2]C(CF)OCCC. The summed E-state index contributed by atoms with van der Waals surface area (Å²) in [6.07, 6.45) is 0.460. The summed E-state index contributed by atoms with van der Waals surface area (Å²) in [5, 5.41) is 0. The predicted octanol–water partition coefficient (Wildman–Crippen LogP) is 1.59.